The Morgan fingerprint density at radius 3 is 2.75 bits per heavy atom. The zero-order valence-electron chi connectivity index (χ0n) is 9.20. The van der Waals surface area contributed by atoms with Crippen LogP contribution in [0.5, 0.6) is 0 Å². The van der Waals surface area contributed by atoms with Gasteiger partial charge in [-0.25, -0.2) is 0 Å². The summed E-state index contributed by atoms with van der Waals surface area (Å²) in [6.45, 7) is 0. The van der Waals surface area contributed by atoms with Crippen LogP contribution in [0.1, 0.15) is 37.2 Å². The van der Waals surface area contributed by atoms with Crippen LogP contribution in [-0.4, -0.2) is 5.91 Å². The summed E-state index contributed by atoms with van der Waals surface area (Å²) in [5.41, 5.74) is 8.61. The molecule has 2 aliphatic rings. The molecule has 1 aromatic rings. The van der Waals surface area contributed by atoms with Crippen molar-refractivity contribution in [1.82, 2.24) is 0 Å². The fourth-order valence-corrected chi connectivity index (χ4v) is 3.06. The van der Waals surface area contributed by atoms with E-state index in [0.29, 0.717) is 5.92 Å². The second-order valence-corrected chi connectivity index (χ2v) is 4.86. The maximum Gasteiger partial charge on any atom is 0.232 e. The number of carbonyl (C=O) groups excluding carboxylic acids is 1. The van der Waals surface area contributed by atoms with Gasteiger partial charge < -0.3 is 11.1 Å². The van der Waals surface area contributed by atoms with E-state index >= 15 is 0 Å². The van der Waals surface area contributed by atoms with Gasteiger partial charge in [0, 0.05) is 11.4 Å². The highest BCUT2D eigenvalue weighted by atomic mass is 16.2. The minimum absolute atomic E-state index is 0.0426. The van der Waals surface area contributed by atoms with Gasteiger partial charge in [0.15, 0.2) is 0 Å². The third-order valence-corrected chi connectivity index (χ3v) is 3.82. The van der Waals surface area contributed by atoms with E-state index in [-0.39, 0.29) is 11.8 Å². The Morgan fingerprint density at radius 1 is 1.25 bits per heavy atom. The minimum Gasteiger partial charge on any atom is -0.399 e. The third-order valence-electron chi connectivity index (χ3n) is 3.82. The second-order valence-electron chi connectivity index (χ2n) is 4.86. The van der Waals surface area contributed by atoms with Gasteiger partial charge in [-0.15, -0.1) is 0 Å². The molecule has 1 aliphatic heterocycles. The van der Waals surface area contributed by atoms with Crippen molar-refractivity contribution >= 4 is 17.3 Å². The molecule has 84 valence electrons. The van der Waals surface area contributed by atoms with Gasteiger partial charge in [-0.05, 0) is 42.5 Å². The summed E-state index contributed by atoms with van der Waals surface area (Å²) >= 11 is 0. The van der Waals surface area contributed by atoms with Gasteiger partial charge in [0.25, 0.3) is 0 Å². The first-order valence-corrected chi connectivity index (χ1v) is 5.96. The number of nitrogens with two attached hydrogens (primary N) is 1. The molecule has 1 atom stereocenters. The van der Waals surface area contributed by atoms with Crippen LogP contribution >= 0.6 is 0 Å². The van der Waals surface area contributed by atoms with Crippen molar-refractivity contribution in [2.24, 2.45) is 5.92 Å². The SMILES string of the molecule is Nc1ccc2c(c1)C(C1CCCC1)C(=O)N2. The molecule has 1 amide bonds. The summed E-state index contributed by atoms with van der Waals surface area (Å²) in [7, 11) is 0. The molecule has 0 bridgehead atoms. The summed E-state index contributed by atoms with van der Waals surface area (Å²) in [5.74, 6) is 0.719. The van der Waals surface area contributed by atoms with Crippen LogP contribution < -0.4 is 11.1 Å². The third kappa shape index (κ3) is 1.39. The van der Waals surface area contributed by atoms with Crippen LogP contribution in [0.25, 0.3) is 0 Å². The van der Waals surface area contributed by atoms with Crippen molar-refractivity contribution in [2.45, 2.75) is 31.6 Å². The van der Waals surface area contributed by atoms with E-state index in [2.05, 4.69) is 5.32 Å². The summed E-state index contributed by atoms with van der Waals surface area (Å²) in [6, 6.07) is 5.71. The number of nitrogen functional groups attached to an aromatic ring is 1. The Hall–Kier alpha value is -1.51. The quantitative estimate of drug-likeness (QED) is 0.709. The van der Waals surface area contributed by atoms with Crippen molar-refractivity contribution in [3.05, 3.63) is 23.8 Å². The van der Waals surface area contributed by atoms with Crippen molar-refractivity contribution in [3.63, 3.8) is 0 Å². The Morgan fingerprint density at radius 2 is 2.00 bits per heavy atom. The smallest absolute Gasteiger partial charge is 0.232 e. The zero-order valence-corrected chi connectivity index (χ0v) is 9.20. The average molecular weight is 216 g/mol. The zero-order chi connectivity index (χ0) is 11.1. The molecular weight excluding hydrogens is 200 g/mol. The first kappa shape index (κ1) is 9.70. The number of amides is 1. The van der Waals surface area contributed by atoms with Crippen LogP contribution in [-0.2, 0) is 4.79 Å². The van der Waals surface area contributed by atoms with Gasteiger partial charge in [0.05, 0.1) is 5.92 Å². The van der Waals surface area contributed by atoms with Crippen molar-refractivity contribution in [3.8, 4) is 0 Å². The molecule has 3 nitrogen and oxygen atoms in total. The molecule has 3 heteroatoms. The standard InChI is InChI=1S/C13H16N2O/c14-9-5-6-11-10(7-9)12(13(16)15-11)8-3-1-2-4-8/h5-8,12H,1-4,14H2,(H,15,16). The second kappa shape index (κ2) is 3.51. The number of anilines is 2. The highest BCUT2D eigenvalue weighted by Crippen LogP contribution is 2.44. The topological polar surface area (TPSA) is 55.1 Å². The molecule has 3 N–H and O–H groups in total. The molecule has 1 saturated carbocycles. The van der Waals surface area contributed by atoms with E-state index in [4.69, 9.17) is 5.73 Å². The van der Waals surface area contributed by atoms with E-state index < -0.39 is 0 Å². The molecule has 1 aliphatic carbocycles. The van der Waals surface area contributed by atoms with Crippen molar-refractivity contribution in [1.29, 1.82) is 0 Å². The molecule has 1 heterocycles. The number of nitrogens with one attached hydrogen (secondary N) is 1. The number of fused-ring (bicyclic) bond motifs is 1. The lowest BCUT2D eigenvalue weighted by Gasteiger charge is -2.16. The molecule has 1 aromatic carbocycles. The maximum absolute atomic E-state index is 12.0. The predicted octanol–water partition coefficient (Wildman–Crippen LogP) is 2.49. The fraction of sp³-hybridized carbons (Fsp3) is 0.462. The molecule has 3 rings (SSSR count). The van der Waals surface area contributed by atoms with Gasteiger partial charge in [0.2, 0.25) is 5.91 Å². The summed E-state index contributed by atoms with van der Waals surface area (Å²) in [4.78, 5) is 12.0. The molecule has 0 radical (unpaired) electrons. The lowest BCUT2D eigenvalue weighted by molar-refractivity contribution is -0.118. The first-order chi connectivity index (χ1) is 7.75. The minimum atomic E-state index is 0.0426. The number of benzene rings is 1. The highest BCUT2D eigenvalue weighted by Gasteiger charge is 2.37. The van der Waals surface area contributed by atoms with Crippen LogP contribution in [0.3, 0.4) is 0 Å². The number of hydrogen-bond donors (Lipinski definition) is 2. The van der Waals surface area contributed by atoms with Crippen LogP contribution in [0.2, 0.25) is 0 Å². The van der Waals surface area contributed by atoms with Crippen molar-refractivity contribution < 1.29 is 4.79 Å². The lowest BCUT2D eigenvalue weighted by atomic mass is 9.86. The Labute approximate surface area is 95.0 Å². The van der Waals surface area contributed by atoms with Crippen LogP contribution in [0.4, 0.5) is 11.4 Å². The molecule has 0 spiro atoms. The molecule has 1 fully saturated rings. The van der Waals surface area contributed by atoms with Crippen LogP contribution in [0.15, 0.2) is 18.2 Å². The number of hydrogen-bond acceptors (Lipinski definition) is 2. The van der Waals surface area contributed by atoms with Crippen molar-refractivity contribution in [2.75, 3.05) is 11.1 Å². The normalized spacial score (nSPS) is 24.5. The molecule has 16 heavy (non-hydrogen) atoms. The Kier molecular flexibility index (Phi) is 2.13. The Balaban J connectivity index is 2.00. The van der Waals surface area contributed by atoms with E-state index in [1.54, 1.807) is 0 Å². The largest absolute Gasteiger partial charge is 0.399 e. The fourth-order valence-electron chi connectivity index (χ4n) is 3.06. The molecular formula is C13H16N2O. The Bertz CT molecular complexity index is 436. The summed E-state index contributed by atoms with van der Waals surface area (Å²) in [6.07, 6.45) is 4.86. The van der Waals surface area contributed by atoms with E-state index in [0.717, 1.165) is 16.9 Å². The highest BCUT2D eigenvalue weighted by molar-refractivity contribution is 6.03. The number of carbonyl (C=O) groups is 1. The lowest BCUT2D eigenvalue weighted by Crippen LogP contribution is -2.18. The van der Waals surface area contributed by atoms with E-state index in [1.165, 1.54) is 25.7 Å². The average Bonchev–Trinajstić information content (AvgIpc) is 2.83. The van der Waals surface area contributed by atoms with Gasteiger partial charge >= 0.3 is 0 Å². The van der Waals surface area contributed by atoms with Crippen LogP contribution in [0, 0.1) is 5.92 Å². The van der Waals surface area contributed by atoms with Gasteiger partial charge in [0.1, 0.15) is 0 Å². The first-order valence-electron chi connectivity index (χ1n) is 5.96. The number of rotatable bonds is 1. The van der Waals surface area contributed by atoms with E-state index in [9.17, 15) is 4.79 Å². The predicted molar refractivity (Wildman–Crippen MR) is 64.2 cm³/mol. The molecule has 1 unspecified atom stereocenters. The van der Waals surface area contributed by atoms with Gasteiger partial charge in [-0.2, -0.15) is 0 Å². The van der Waals surface area contributed by atoms with Gasteiger partial charge in [-0.3, -0.25) is 4.79 Å². The van der Waals surface area contributed by atoms with Gasteiger partial charge in [-0.1, -0.05) is 12.8 Å². The summed E-state index contributed by atoms with van der Waals surface area (Å²) in [5, 5.41) is 2.96. The maximum atomic E-state index is 12.0. The van der Waals surface area contributed by atoms with E-state index in [1.807, 2.05) is 18.2 Å². The molecule has 0 aromatic heterocycles. The summed E-state index contributed by atoms with van der Waals surface area (Å²) < 4.78 is 0. The monoisotopic (exact) mass is 216 g/mol. The molecule has 0 saturated heterocycles.